The van der Waals surface area contributed by atoms with E-state index in [2.05, 4.69) is 26.6 Å². The second kappa shape index (κ2) is 7.07. The number of carbonyl (C=O) groups is 3. The summed E-state index contributed by atoms with van der Waals surface area (Å²) >= 11 is 3.34. The van der Waals surface area contributed by atoms with E-state index in [0.29, 0.717) is 16.1 Å². The van der Waals surface area contributed by atoms with Gasteiger partial charge < -0.3 is 10.6 Å². The van der Waals surface area contributed by atoms with Crippen molar-refractivity contribution < 1.29 is 23.2 Å². The fourth-order valence-electron chi connectivity index (χ4n) is 2.81. The molecule has 2 N–H and O–H groups in total. The maximum atomic E-state index is 13.6. The highest BCUT2D eigenvalue weighted by Crippen LogP contribution is 2.33. The Balaban J connectivity index is 1.78. The van der Waals surface area contributed by atoms with Gasteiger partial charge in [0.1, 0.15) is 23.7 Å². The van der Waals surface area contributed by atoms with Crippen LogP contribution >= 0.6 is 15.9 Å². The lowest BCUT2D eigenvalue weighted by Gasteiger charge is -2.23. The Morgan fingerprint density at radius 2 is 1.93 bits per heavy atom. The van der Waals surface area contributed by atoms with Crippen molar-refractivity contribution in [3.63, 3.8) is 0 Å². The van der Waals surface area contributed by atoms with E-state index in [1.807, 2.05) is 0 Å². The van der Waals surface area contributed by atoms with Gasteiger partial charge in [-0.3, -0.25) is 14.5 Å². The van der Waals surface area contributed by atoms with Gasteiger partial charge in [0, 0.05) is 16.1 Å². The van der Waals surface area contributed by atoms with Crippen LogP contribution < -0.4 is 10.6 Å². The molecule has 2 aromatic carbocycles. The van der Waals surface area contributed by atoms with Gasteiger partial charge in [0.25, 0.3) is 5.91 Å². The van der Waals surface area contributed by atoms with Crippen molar-refractivity contribution in [3.05, 3.63) is 64.1 Å². The average Bonchev–Trinajstić information content (AvgIpc) is 2.82. The Labute approximate surface area is 161 Å². The molecule has 0 aromatic heterocycles. The lowest BCUT2D eigenvalue weighted by molar-refractivity contribution is -0.133. The first-order valence-electron chi connectivity index (χ1n) is 7.86. The number of halogens is 3. The Morgan fingerprint density at radius 3 is 2.59 bits per heavy atom. The Bertz CT molecular complexity index is 953. The van der Waals surface area contributed by atoms with Gasteiger partial charge in [-0.25, -0.2) is 13.6 Å². The van der Waals surface area contributed by atoms with Gasteiger partial charge in [-0.2, -0.15) is 0 Å². The molecule has 3 rings (SSSR count). The molecule has 0 unspecified atom stereocenters. The summed E-state index contributed by atoms with van der Waals surface area (Å²) in [5.41, 5.74) is -1.06. The normalized spacial score (nSPS) is 19.2. The van der Waals surface area contributed by atoms with E-state index in [4.69, 9.17) is 0 Å². The predicted molar refractivity (Wildman–Crippen MR) is 96.7 cm³/mol. The molecule has 0 spiro atoms. The van der Waals surface area contributed by atoms with Crippen LogP contribution in [0.25, 0.3) is 0 Å². The average molecular weight is 438 g/mol. The number of nitrogens with zero attached hydrogens (tertiary/aromatic N) is 1. The van der Waals surface area contributed by atoms with E-state index in [0.717, 1.165) is 17.0 Å². The highest BCUT2D eigenvalue weighted by atomic mass is 79.9. The summed E-state index contributed by atoms with van der Waals surface area (Å²) < 4.78 is 27.2. The predicted octanol–water partition coefficient (Wildman–Crippen LogP) is 3.13. The molecule has 0 saturated carbocycles. The van der Waals surface area contributed by atoms with Crippen LogP contribution in [-0.2, 0) is 15.1 Å². The smallest absolute Gasteiger partial charge is 0.322 e. The Kier molecular flexibility index (Phi) is 4.97. The summed E-state index contributed by atoms with van der Waals surface area (Å²) in [5.74, 6) is -3.16. The Morgan fingerprint density at radius 1 is 1.22 bits per heavy atom. The number of benzene rings is 2. The molecule has 140 valence electrons. The van der Waals surface area contributed by atoms with Crippen LogP contribution in [-0.4, -0.2) is 29.3 Å². The molecule has 6 nitrogen and oxygen atoms in total. The van der Waals surface area contributed by atoms with E-state index in [-0.39, 0.29) is 5.69 Å². The molecule has 0 bridgehead atoms. The number of rotatable bonds is 4. The zero-order valence-electron chi connectivity index (χ0n) is 14.1. The number of hydrogen-bond acceptors (Lipinski definition) is 3. The molecule has 0 aliphatic carbocycles. The number of urea groups is 1. The van der Waals surface area contributed by atoms with Crippen molar-refractivity contribution in [3.8, 4) is 0 Å². The Hall–Kier alpha value is -2.81. The first kappa shape index (κ1) is 19.0. The van der Waals surface area contributed by atoms with Crippen LogP contribution in [0.4, 0.5) is 19.3 Å². The second-order valence-electron chi connectivity index (χ2n) is 6.10. The topological polar surface area (TPSA) is 78.5 Å². The molecule has 1 atom stereocenters. The molecule has 1 aliphatic heterocycles. The van der Waals surface area contributed by atoms with E-state index < -0.39 is 41.6 Å². The number of imide groups is 1. The van der Waals surface area contributed by atoms with Crippen LogP contribution in [0, 0.1) is 11.6 Å². The molecule has 1 saturated heterocycles. The first-order chi connectivity index (χ1) is 12.7. The van der Waals surface area contributed by atoms with Crippen molar-refractivity contribution in [2.45, 2.75) is 12.5 Å². The number of hydrogen-bond donors (Lipinski definition) is 2. The molecule has 9 heteroatoms. The quantitative estimate of drug-likeness (QED) is 0.721. The van der Waals surface area contributed by atoms with Crippen LogP contribution in [0.15, 0.2) is 46.9 Å². The van der Waals surface area contributed by atoms with Crippen LogP contribution in [0.2, 0.25) is 0 Å². The highest BCUT2D eigenvalue weighted by Gasteiger charge is 2.50. The standard InChI is InChI=1S/C18H14BrF2N3O3/c1-18(11-4-2-3-5-12(11)19)16(26)24(17(27)23-18)9-15(25)22-14-7-6-10(20)8-13(14)21/h2-8H,9H2,1H3,(H,22,25)(H,23,27)/t18-/m0/s1. The van der Waals surface area contributed by atoms with Gasteiger partial charge >= 0.3 is 6.03 Å². The van der Waals surface area contributed by atoms with Gasteiger partial charge in [0.15, 0.2) is 0 Å². The van der Waals surface area contributed by atoms with Gasteiger partial charge in [-0.1, -0.05) is 34.1 Å². The third-order valence-corrected chi connectivity index (χ3v) is 4.89. The third kappa shape index (κ3) is 3.55. The van der Waals surface area contributed by atoms with Crippen molar-refractivity contribution in [2.75, 3.05) is 11.9 Å². The highest BCUT2D eigenvalue weighted by molar-refractivity contribution is 9.10. The number of amides is 4. The van der Waals surface area contributed by atoms with Gasteiger partial charge in [0.2, 0.25) is 5.91 Å². The summed E-state index contributed by atoms with van der Waals surface area (Å²) in [5, 5.41) is 4.80. The lowest BCUT2D eigenvalue weighted by atomic mass is 9.92. The molecular weight excluding hydrogens is 424 g/mol. The van der Waals surface area contributed by atoms with E-state index >= 15 is 0 Å². The van der Waals surface area contributed by atoms with E-state index in [9.17, 15) is 23.2 Å². The zero-order chi connectivity index (χ0) is 19.8. The molecular formula is C18H14BrF2N3O3. The fourth-order valence-corrected chi connectivity index (χ4v) is 3.50. The SMILES string of the molecule is C[C@@]1(c2ccccc2Br)NC(=O)N(CC(=O)Nc2ccc(F)cc2F)C1=O. The number of nitrogens with one attached hydrogen (secondary N) is 2. The van der Waals surface area contributed by atoms with Gasteiger partial charge in [-0.15, -0.1) is 0 Å². The molecule has 1 fully saturated rings. The third-order valence-electron chi connectivity index (χ3n) is 4.19. The van der Waals surface area contributed by atoms with Gasteiger partial charge in [0.05, 0.1) is 5.69 Å². The van der Waals surface area contributed by atoms with Crippen LogP contribution in [0.5, 0.6) is 0 Å². The molecule has 2 aromatic rings. The van der Waals surface area contributed by atoms with Crippen LogP contribution in [0.1, 0.15) is 12.5 Å². The lowest BCUT2D eigenvalue weighted by Crippen LogP contribution is -2.42. The van der Waals surface area contributed by atoms with E-state index in [1.54, 1.807) is 24.3 Å². The summed E-state index contributed by atoms with van der Waals surface area (Å²) in [4.78, 5) is 38.0. The molecule has 27 heavy (non-hydrogen) atoms. The summed E-state index contributed by atoms with van der Waals surface area (Å²) in [6.45, 7) is 0.923. The summed E-state index contributed by atoms with van der Waals surface area (Å²) in [6.07, 6.45) is 0. The van der Waals surface area contributed by atoms with Crippen molar-refractivity contribution in [2.24, 2.45) is 0 Å². The summed E-state index contributed by atoms with van der Waals surface area (Å²) in [6, 6.07) is 8.81. The molecule has 0 radical (unpaired) electrons. The minimum absolute atomic E-state index is 0.248. The maximum absolute atomic E-state index is 13.6. The van der Waals surface area contributed by atoms with E-state index in [1.165, 1.54) is 6.92 Å². The van der Waals surface area contributed by atoms with Crippen molar-refractivity contribution >= 4 is 39.5 Å². The van der Waals surface area contributed by atoms with Crippen LogP contribution in [0.3, 0.4) is 0 Å². The fraction of sp³-hybridized carbons (Fsp3) is 0.167. The molecule has 1 heterocycles. The van der Waals surface area contributed by atoms with Gasteiger partial charge in [-0.05, 0) is 25.1 Å². The zero-order valence-corrected chi connectivity index (χ0v) is 15.6. The van der Waals surface area contributed by atoms with Crippen molar-refractivity contribution in [1.82, 2.24) is 10.2 Å². The van der Waals surface area contributed by atoms with Crippen molar-refractivity contribution in [1.29, 1.82) is 0 Å². The largest absolute Gasteiger partial charge is 0.325 e. The number of anilines is 1. The minimum atomic E-state index is -1.35. The molecule has 1 aliphatic rings. The monoisotopic (exact) mass is 437 g/mol. The first-order valence-corrected chi connectivity index (χ1v) is 8.65. The maximum Gasteiger partial charge on any atom is 0.325 e. The second-order valence-corrected chi connectivity index (χ2v) is 6.95. The molecule has 4 amide bonds. The number of carbonyl (C=O) groups excluding carboxylic acids is 3. The minimum Gasteiger partial charge on any atom is -0.322 e. The summed E-state index contributed by atoms with van der Waals surface area (Å²) in [7, 11) is 0.